The van der Waals surface area contributed by atoms with Crippen LogP contribution < -0.4 is 5.43 Å². The first-order valence-corrected chi connectivity index (χ1v) is 6.07. The van der Waals surface area contributed by atoms with E-state index in [2.05, 4.69) is 15.9 Å². The average Bonchev–Trinajstić information content (AvgIpc) is 2.28. The van der Waals surface area contributed by atoms with E-state index in [4.69, 9.17) is 4.42 Å². The van der Waals surface area contributed by atoms with Gasteiger partial charge in [0.15, 0.2) is 0 Å². The summed E-state index contributed by atoms with van der Waals surface area (Å²) in [7, 11) is 0. The highest BCUT2D eigenvalue weighted by Gasteiger charge is 2.07. The molecule has 0 aliphatic heterocycles. The first-order chi connectivity index (χ1) is 8.15. The molecule has 2 aromatic carbocycles. The van der Waals surface area contributed by atoms with Crippen LogP contribution >= 0.6 is 15.9 Å². The summed E-state index contributed by atoms with van der Waals surface area (Å²) >= 11 is 3.37. The van der Waals surface area contributed by atoms with Gasteiger partial charge in [0.1, 0.15) is 11.2 Å². The molecule has 84 valence electrons. The molecule has 3 aromatic rings. The normalized spacial score (nSPS) is 11.2. The molecular formula is C14H9BrO2. The molecule has 17 heavy (non-hydrogen) atoms. The lowest BCUT2D eigenvalue weighted by Crippen LogP contribution is -2.01. The maximum atomic E-state index is 12.2. The third-order valence-corrected chi connectivity index (χ3v) is 3.28. The molecule has 3 rings (SSSR count). The number of halogens is 1. The van der Waals surface area contributed by atoms with E-state index in [-0.39, 0.29) is 5.43 Å². The lowest BCUT2D eigenvalue weighted by atomic mass is 10.1. The summed E-state index contributed by atoms with van der Waals surface area (Å²) in [5, 5.41) is 1.25. The van der Waals surface area contributed by atoms with Crippen molar-refractivity contribution >= 4 is 37.9 Å². The molecule has 0 aliphatic rings. The largest absolute Gasteiger partial charge is 0.456 e. The zero-order valence-corrected chi connectivity index (χ0v) is 10.7. The van der Waals surface area contributed by atoms with Gasteiger partial charge in [0.25, 0.3) is 0 Å². The van der Waals surface area contributed by atoms with E-state index in [0.717, 1.165) is 10.0 Å². The van der Waals surface area contributed by atoms with Crippen LogP contribution in [0, 0.1) is 6.92 Å². The second-order valence-corrected chi connectivity index (χ2v) is 4.99. The van der Waals surface area contributed by atoms with Crippen LogP contribution in [0.3, 0.4) is 0 Å². The second kappa shape index (κ2) is 3.70. The van der Waals surface area contributed by atoms with E-state index in [9.17, 15) is 4.79 Å². The highest BCUT2D eigenvalue weighted by Crippen LogP contribution is 2.22. The maximum absolute atomic E-state index is 12.2. The summed E-state index contributed by atoms with van der Waals surface area (Å²) < 4.78 is 6.66. The van der Waals surface area contributed by atoms with Gasteiger partial charge in [-0.15, -0.1) is 0 Å². The Hall–Kier alpha value is -1.61. The van der Waals surface area contributed by atoms with Crippen molar-refractivity contribution < 1.29 is 4.42 Å². The van der Waals surface area contributed by atoms with Gasteiger partial charge in [-0.25, -0.2) is 0 Å². The molecule has 0 N–H and O–H groups in total. The highest BCUT2D eigenvalue weighted by molar-refractivity contribution is 9.10. The van der Waals surface area contributed by atoms with Gasteiger partial charge in [-0.2, -0.15) is 0 Å². The molecule has 0 bridgehead atoms. The molecule has 1 aromatic heterocycles. The maximum Gasteiger partial charge on any atom is 0.200 e. The van der Waals surface area contributed by atoms with E-state index < -0.39 is 0 Å². The fourth-order valence-electron chi connectivity index (χ4n) is 1.93. The molecule has 0 amide bonds. The van der Waals surface area contributed by atoms with Crippen LogP contribution in [0.5, 0.6) is 0 Å². The van der Waals surface area contributed by atoms with Crippen molar-refractivity contribution in [3.05, 3.63) is 56.7 Å². The van der Waals surface area contributed by atoms with Gasteiger partial charge in [0.05, 0.1) is 10.8 Å². The fourth-order valence-corrected chi connectivity index (χ4v) is 2.27. The van der Waals surface area contributed by atoms with Crippen LogP contribution in [0.1, 0.15) is 5.56 Å². The minimum atomic E-state index is 0.0220. The molecule has 0 atom stereocenters. The number of hydrogen-bond donors (Lipinski definition) is 0. The molecular weight excluding hydrogens is 280 g/mol. The Morgan fingerprint density at radius 3 is 2.41 bits per heavy atom. The molecule has 0 fully saturated rings. The van der Waals surface area contributed by atoms with Crippen LogP contribution in [0.2, 0.25) is 0 Å². The summed E-state index contributed by atoms with van der Waals surface area (Å²) in [6.45, 7) is 1.98. The van der Waals surface area contributed by atoms with Crippen LogP contribution in [0.4, 0.5) is 0 Å². The molecule has 0 saturated heterocycles. The molecule has 0 radical (unpaired) electrons. The minimum Gasteiger partial charge on any atom is -0.456 e. The third-order valence-electron chi connectivity index (χ3n) is 2.79. The predicted octanol–water partition coefficient (Wildman–Crippen LogP) is 4.02. The summed E-state index contributed by atoms with van der Waals surface area (Å²) in [6.07, 6.45) is 0. The van der Waals surface area contributed by atoms with Crippen LogP contribution in [0.15, 0.2) is 50.1 Å². The molecule has 0 unspecified atom stereocenters. The van der Waals surface area contributed by atoms with Crippen molar-refractivity contribution in [3.63, 3.8) is 0 Å². The van der Waals surface area contributed by atoms with Crippen LogP contribution in [-0.4, -0.2) is 0 Å². The molecule has 2 nitrogen and oxygen atoms in total. The number of hydrogen-bond acceptors (Lipinski definition) is 2. The minimum absolute atomic E-state index is 0.0220. The number of rotatable bonds is 0. The Morgan fingerprint density at radius 2 is 1.65 bits per heavy atom. The third kappa shape index (κ3) is 1.67. The lowest BCUT2D eigenvalue weighted by Gasteiger charge is -2.02. The van der Waals surface area contributed by atoms with Gasteiger partial charge in [0.2, 0.25) is 5.43 Å². The SMILES string of the molecule is Cc1ccc2c(=O)c3ccc(Br)cc3oc2c1. The smallest absolute Gasteiger partial charge is 0.200 e. The average molecular weight is 289 g/mol. The zero-order valence-electron chi connectivity index (χ0n) is 9.16. The highest BCUT2D eigenvalue weighted by atomic mass is 79.9. The van der Waals surface area contributed by atoms with E-state index in [1.807, 2.05) is 37.3 Å². The van der Waals surface area contributed by atoms with Crippen LogP contribution in [-0.2, 0) is 0 Å². The van der Waals surface area contributed by atoms with Crippen molar-refractivity contribution in [1.29, 1.82) is 0 Å². The molecule has 1 heterocycles. The lowest BCUT2D eigenvalue weighted by molar-refractivity contribution is 0.659. The number of benzene rings is 2. The summed E-state index contributed by atoms with van der Waals surface area (Å²) in [6, 6.07) is 11.1. The number of aryl methyl sites for hydroxylation is 1. The Kier molecular flexibility index (Phi) is 2.30. The van der Waals surface area contributed by atoms with Gasteiger partial charge < -0.3 is 4.42 Å². The fraction of sp³-hybridized carbons (Fsp3) is 0.0714. The molecule has 3 heteroatoms. The predicted molar refractivity (Wildman–Crippen MR) is 72.4 cm³/mol. The van der Waals surface area contributed by atoms with Crippen LogP contribution in [0.25, 0.3) is 21.9 Å². The molecule has 0 aliphatic carbocycles. The van der Waals surface area contributed by atoms with E-state index >= 15 is 0 Å². The van der Waals surface area contributed by atoms with Gasteiger partial charge in [0, 0.05) is 4.47 Å². The van der Waals surface area contributed by atoms with E-state index in [1.54, 1.807) is 6.07 Å². The Bertz CT molecular complexity index is 724. The Balaban J connectivity index is 2.57. The van der Waals surface area contributed by atoms with Gasteiger partial charge in [-0.05, 0) is 42.8 Å². The summed E-state index contributed by atoms with van der Waals surface area (Å²) in [5.41, 5.74) is 2.35. The van der Waals surface area contributed by atoms with Crippen molar-refractivity contribution in [2.45, 2.75) is 6.92 Å². The Labute approximate surface area is 106 Å². The zero-order chi connectivity index (χ0) is 12.0. The number of fused-ring (bicyclic) bond motifs is 2. The van der Waals surface area contributed by atoms with Crippen molar-refractivity contribution in [2.24, 2.45) is 0 Å². The van der Waals surface area contributed by atoms with Gasteiger partial charge in [-0.3, -0.25) is 4.79 Å². The topological polar surface area (TPSA) is 30.2 Å². The van der Waals surface area contributed by atoms with Crippen molar-refractivity contribution in [1.82, 2.24) is 0 Å². The van der Waals surface area contributed by atoms with E-state index in [1.165, 1.54) is 0 Å². The van der Waals surface area contributed by atoms with Gasteiger partial charge in [-0.1, -0.05) is 22.0 Å². The second-order valence-electron chi connectivity index (χ2n) is 4.07. The van der Waals surface area contributed by atoms with Crippen molar-refractivity contribution in [3.8, 4) is 0 Å². The van der Waals surface area contributed by atoms with Gasteiger partial charge >= 0.3 is 0 Å². The monoisotopic (exact) mass is 288 g/mol. The standard InChI is InChI=1S/C14H9BrO2/c1-8-2-4-10-12(6-8)17-13-7-9(15)3-5-11(13)14(10)16/h2-7H,1H3. The molecule has 0 saturated carbocycles. The first kappa shape index (κ1) is 10.5. The molecule has 0 spiro atoms. The summed E-state index contributed by atoms with van der Waals surface area (Å²) in [4.78, 5) is 12.2. The quantitative estimate of drug-likeness (QED) is 0.585. The summed E-state index contributed by atoms with van der Waals surface area (Å²) in [5.74, 6) is 0. The Morgan fingerprint density at radius 1 is 1.00 bits per heavy atom. The van der Waals surface area contributed by atoms with E-state index in [0.29, 0.717) is 21.9 Å². The first-order valence-electron chi connectivity index (χ1n) is 5.28. The van der Waals surface area contributed by atoms with Crippen molar-refractivity contribution in [2.75, 3.05) is 0 Å².